The SMILES string of the molecule is Cc1ccc(C2=C(N3CCOCC3)C(=O)N(Cc3ccc4c(c3)OCO4)C2=O)cc1. The zero-order valence-electron chi connectivity index (χ0n) is 16.7. The Bertz CT molecular complexity index is 1040. The highest BCUT2D eigenvalue weighted by Gasteiger charge is 2.41. The van der Waals surface area contributed by atoms with Crippen molar-refractivity contribution in [2.24, 2.45) is 0 Å². The Morgan fingerprint density at radius 3 is 2.40 bits per heavy atom. The van der Waals surface area contributed by atoms with Crippen molar-refractivity contribution < 1.29 is 23.8 Å². The summed E-state index contributed by atoms with van der Waals surface area (Å²) in [7, 11) is 0. The number of hydrogen-bond acceptors (Lipinski definition) is 6. The minimum absolute atomic E-state index is 0.178. The number of carbonyl (C=O) groups excluding carboxylic acids is 2. The molecule has 2 aromatic carbocycles. The molecule has 0 saturated carbocycles. The molecule has 2 aromatic rings. The van der Waals surface area contributed by atoms with E-state index in [1.807, 2.05) is 48.2 Å². The predicted octanol–water partition coefficient (Wildman–Crippen LogP) is 2.34. The summed E-state index contributed by atoms with van der Waals surface area (Å²) in [5.74, 6) is 0.759. The fraction of sp³-hybridized carbons (Fsp3) is 0.304. The van der Waals surface area contributed by atoms with E-state index in [2.05, 4.69) is 0 Å². The average molecular weight is 406 g/mol. The Balaban J connectivity index is 1.50. The molecular formula is C23H22N2O5. The molecule has 3 aliphatic heterocycles. The molecule has 0 N–H and O–H groups in total. The van der Waals surface area contributed by atoms with Crippen LogP contribution < -0.4 is 9.47 Å². The molecule has 2 amide bonds. The number of morpholine rings is 1. The van der Waals surface area contributed by atoms with E-state index in [1.165, 1.54) is 4.90 Å². The van der Waals surface area contributed by atoms with Crippen molar-refractivity contribution in [2.45, 2.75) is 13.5 Å². The van der Waals surface area contributed by atoms with E-state index in [1.54, 1.807) is 6.07 Å². The quantitative estimate of drug-likeness (QED) is 0.726. The number of fused-ring (bicyclic) bond motifs is 1. The Kier molecular flexibility index (Phi) is 4.67. The predicted molar refractivity (Wildman–Crippen MR) is 109 cm³/mol. The van der Waals surface area contributed by atoms with Crippen LogP contribution in [-0.4, -0.2) is 54.7 Å². The molecule has 0 bridgehead atoms. The maximum atomic E-state index is 13.4. The van der Waals surface area contributed by atoms with E-state index in [-0.39, 0.29) is 25.2 Å². The van der Waals surface area contributed by atoms with Crippen LogP contribution in [0.1, 0.15) is 16.7 Å². The number of rotatable bonds is 4. The van der Waals surface area contributed by atoms with Gasteiger partial charge in [0.05, 0.1) is 25.3 Å². The summed E-state index contributed by atoms with van der Waals surface area (Å²) in [5.41, 5.74) is 3.60. The summed E-state index contributed by atoms with van der Waals surface area (Å²) in [6.07, 6.45) is 0. The number of amides is 2. The molecular weight excluding hydrogens is 384 g/mol. The van der Waals surface area contributed by atoms with Gasteiger partial charge in [-0.15, -0.1) is 0 Å². The first-order valence-corrected chi connectivity index (χ1v) is 10.0. The minimum Gasteiger partial charge on any atom is -0.454 e. The van der Waals surface area contributed by atoms with Crippen LogP contribution >= 0.6 is 0 Å². The summed E-state index contributed by atoms with van der Waals surface area (Å²) < 4.78 is 16.2. The minimum atomic E-state index is -0.275. The van der Waals surface area contributed by atoms with Crippen molar-refractivity contribution in [1.82, 2.24) is 9.80 Å². The summed E-state index contributed by atoms with van der Waals surface area (Å²) in [4.78, 5) is 30.1. The average Bonchev–Trinajstić information content (AvgIpc) is 3.33. The molecule has 3 aliphatic rings. The van der Waals surface area contributed by atoms with Crippen molar-refractivity contribution >= 4 is 17.4 Å². The van der Waals surface area contributed by atoms with E-state index in [0.29, 0.717) is 49.1 Å². The number of hydrogen-bond donors (Lipinski definition) is 0. The van der Waals surface area contributed by atoms with E-state index in [9.17, 15) is 9.59 Å². The first kappa shape index (κ1) is 18.7. The van der Waals surface area contributed by atoms with Gasteiger partial charge < -0.3 is 19.1 Å². The number of nitrogens with zero attached hydrogens (tertiary/aromatic N) is 2. The van der Waals surface area contributed by atoms with Crippen LogP contribution in [0.3, 0.4) is 0 Å². The molecule has 30 heavy (non-hydrogen) atoms. The van der Waals surface area contributed by atoms with Crippen LogP contribution in [0.5, 0.6) is 11.5 Å². The van der Waals surface area contributed by atoms with Crippen molar-refractivity contribution in [3.8, 4) is 11.5 Å². The molecule has 0 atom stereocenters. The van der Waals surface area contributed by atoms with Gasteiger partial charge in [0.25, 0.3) is 11.8 Å². The normalized spacial score (nSPS) is 18.6. The standard InChI is InChI=1S/C23H22N2O5/c1-15-2-5-17(6-3-15)20-21(24-8-10-28-11-9-24)23(27)25(22(20)26)13-16-4-7-18-19(12-16)30-14-29-18/h2-7,12H,8-11,13-14H2,1H3. The van der Waals surface area contributed by atoms with Crippen LogP contribution in [0.15, 0.2) is 48.2 Å². The third-order valence-electron chi connectivity index (χ3n) is 5.59. The van der Waals surface area contributed by atoms with Gasteiger partial charge in [0, 0.05) is 13.1 Å². The first-order valence-electron chi connectivity index (χ1n) is 10.0. The first-order chi connectivity index (χ1) is 14.6. The van der Waals surface area contributed by atoms with Crippen molar-refractivity contribution in [3.05, 3.63) is 64.9 Å². The fourth-order valence-electron chi connectivity index (χ4n) is 3.99. The Morgan fingerprint density at radius 2 is 1.63 bits per heavy atom. The van der Waals surface area contributed by atoms with Crippen LogP contribution in [0.4, 0.5) is 0 Å². The number of ether oxygens (including phenoxy) is 3. The van der Waals surface area contributed by atoms with Gasteiger partial charge in [-0.25, -0.2) is 0 Å². The molecule has 5 rings (SSSR count). The topological polar surface area (TPSA) is 68.3 Å². The summed E-state index contributed by atoms with van der Waals surface area (Å²) in [6.45, 7) is 4.60. The summed E-state index contributed by atoms with van der Waals surface area (Å²) >= 11 is 0. The molecule has 3 heterocycles. The smallest absolute Gasteiger partial charge is 0.278 e. The van der Waals surface area contributed by atoms with Crippen molar-refractivity contribution in [1.29, 1.82) is 0 Å². The Hall–Kier alpha value is -3.32. The van der Waals surface area contributed by atoms with Crippen molar-refractivity contribution in [3.63, 3.8) is 0 Å². The molecule has 0 aliphatic carbocycles. The van der Waals surface area contributed by atoms with Crippen LogP contribution in [-0.2, 0) is 20.9 Å². The monoisotopic (exact) mass is 406 g/mol. The highest BCUT2D eigenvalue weighted by molar-refractivity contribution is 6.35. The van der Waals surface area contributed by atoms with Crippen molar-refractivity contribution in [2.75, 3.05) is 33.1 Å². The second kappa shape index (κ2) is 7.50. The molecule has 0 aromatic heterocycles. The number of carbonyl (C=O) groups is 2. The van der Waals surface area contributed by atoms with E-state index >= 15 is 0 Å². The lowest BCUT2D eigenvalue weighted by Crippen LogP contribution is -2.40. The highest BCUT2D eigenvalue weighted by atomic mass is 16.7. The van der Waals surface area contributed by atoms with E-state index < -0.39 is 0 Å². The van der Waals surface area contributed by atoms with E-state index in [0.717, 1.165) is 16.7 Å². The molecule has 0 spiro atoms. The lowest BCUT2D eigenvalue weighted by atomic mass is 10.0. The maximum absolute atomic E-state index is 13.4. The molecule has 7 nitrogen and oxygen atoms in total. The molecule has 0 unspecified atom stereocenters. The van der Waals surface area contributed by atoms with Gasteiger partial charge in [0.1, 0.15) is 5.70 Å². The Labute approximate surface area is 174 Å². The highest BCUT2D eigenvalue weighted by Crippen LogP contribution is 2.36. The van der Waals surface area contributed by atoms with Crippen LogP contribution in [0.2, 0.25) is 0 Å². The third kappa shape index (κ3) is 3.21. The lowest BCUT2D eigenvalue weighted by Gasteiger charge is -2.29. The largest absolute Gasteiger partial charge is 0.454 e. The fourth-order valence-corrected chi connectivity index (χ4v) is 3.99. The molecule has 7 heteroatoms. The number of aryl methyl sites for hydroxylation is 1. The molecule has 0 radical (unpaired) electrons. The maximum Gasteiger partial charge on any atom is 0.278 e. The summed E-state index contributed by atoms with van der Waals surface area (Å²) in [5, 5.41) is 0. The Morgan fingerprint density at radius 1 is 0.900 bits per heavy atom. The number of imide groups is 1. The van der Waals surface area contributed by atoms with Gasteiger partial charge in [-0.1, -0.05) is 35.9 Å². The number of benzene rings is 2. The molecule has 1 fully saturated rings. The van der Waals surface area contributed by atoms with E-state index in [4.69, 9.17) is 14.2 Å². The lowest BCUT2D eigenvalue weighted by molar-refractivity contribution is -0.138. The van der Waals surface area contributed by atoms with Gasteiger partial charge in [-0.05, 0) is 30.2 Å². The van der Waals surface area contributed by atoms with Gasteiger partial charge in [0.2, 0.25) is 6.79 Å². The van der Waals surface area contributed by atoms with Crippen LogP contribution in [0.25, 0.3) is 5.57 Å². The second-order valence-electron chi connectivity index (χ2n) is 7.57. The molecule has 1 saturated heterocycles. The van der Waals surface area contributed by atoms with Gasteiger partial charge in [-0.2, -0.15) is 0 Å². The summed E-state index contributed by atoms with van der Waals surface area (Å²) in [6, 6.07) is 13.2. The molecule has 154 valence electrons. The van der Waals surface area contributed by atoms with Crippen LogP contribution in [0, 0.1) is 6.92 Å². The van der Waals surface area contributed by atoms with Gasteiger partial charge >= 0.3 is 0 Å². The van der Waals surface area contributed by atoms with Gasteiger partial charge in [-0.3, -0.25) is 14.5 Å². The third-order valence-corrected chi connectivity index (χ3v) is 5.59. The zero-order chi connectivity index (χ0) is 20.7. The van der Waals surface area contributed by atoms with Gasteiger partial charge in [0.15, 0.2) is 11.5 Å². The zero-order valence-corrected chi connectivity index (χ0v) is 16.7. The second-order valence-corrected chi connectivity index (χ2v) is 7.57.